The van der Waals surface area contributed by atoms with E-state index in [1.165, 1.54) is 30.6 Å². The molecule has 86 valence electrons. The van der Waals surface area contributed by atoms with Crippen LogP contribution in [0.1, 0.15) is 57.4 Å². The summed E-state index contributed by atoms with van der Waals surface area (Å²) in [4.78, 5) is 5.44. The number of aromatic nitrogens is 1. The van der Waals surface area contributed by atoms with Crippen LogP contribution in [0.4, 0.5) is 0 Å². The maximum Gasteiger partial charge on any atom is 0.0794 e. The first kappa shape index (κ1) is 12.7. The Bertz CT molecular complexity index is 246. The van der Waals surface area contributed by atoms with Gasteiger partial charge in [0.15, 0.2) is 0 Å². The molecule has 0 aliphatic heterocycles. The first-order chi connectivity index (χ1) is 7.24. The largest absolute Gasteiger partial charge is 0.307 e. The van der Waals surface area contributed by atoms with Crippen LogP contribution in [-0.2, 0) is 0 Å². The van der Waals surface area contributed by atoms with E-state index in [1.807, 2.05) is 11.7 Å². The molecular weight excluding hydrogens is 204 g/mol. The fourth-order valence-electron chi connectivity index (χ4n) is 1.73. The summed E-state index contributed by atoms with van der Waals surface area (Å²) in [5.41, 5.74) is 1.90. The lowest BCUT2D eigenvalue weighted by Gasteiger charge is -2.18. The summed E-state index contributed by atoms with van der Waals surface area (Å²) in [5, 5.41) is 3.61. The number of hydrogen-bond acceptors (Lipinski definition) is 3. The van der Waals surface area contributed by atoms with Gasteiger partial charge in [0.2, 0.25) is 0 Å². The third-order valence-electron chi connectivity index (χ3n) is 2.65. The normalized spacial score (nSPS) is 15.1. The molecule has 0 saturated heterocycles. The molecule has 0 radical (unpaired) electrons. The van der Waals surface area contributed by atoms with Gasteiger partial charge in [0.25, 0.3) is 0 Å². The fourth-order valence-corrected chi connectivity index (χ4v) is 2.37. The third kappa shape index (κ3) is 4.76. The maximum atomic E-state index is 4.10. The molecule has 0 saturated carbocycles. The van der Waals surface area contributed by atoms with Crippen LogP contribution in [0, 0.1) is 0 Å². The number of nitrogens with one attached hydrogen (secondary N) is 1. The van der Waals surface area contributed by atoms with Gasteiger partial charge in [-0.3, -0.25) is 4.98 Å². The molecular formula is C12H22N2S. The number of unbranched alkanes of at least 4 members (excludes halogenated alkanes) is 2. The summed E-state index contributed by atoms with van der Waals surface area (Å²) in [7, 11) is 0. The van der Waals surface area contributed by atoms with Crippen LogP contribution in [0.2, 0.25) is 0 Å². The summed E-state index contributed by atoms with van der Waals surface area (Å²) in [6.45, 7) is 6.73. The van der Waals surface area contributed by atoms with Crippen molar-refractivity contribution in [3.05, 3.63) is 16.6 Å². The third-order valence-corrected chi connectivity index (χ3v) is 3.61. The Labute approximate surface area is 97.1 Å². The van der Waals surface area contributed by atoms with Crippen LogP contribution >= 0.6 is 11.3 Å². The predicted molar refractivity (Wildman–Crippen MR) is 67.3 cm³/mol. The van der Waals surface area contributed by atoms with Gasteiger partial charge in [0, 0.05) is 23.2 Å². The number of thiazole rings is 1. The number of rotatable bonds is 7. The van der Waals surface area contributed by atoms with Crippen LogP contribution in [0.5, 0.6) is 0 Å². The molecule has 2 unspecified atom stereocenters. The van der Waals surface area contributed by atoms with Crippen molar-refractivity contribution in [2.45, 2.75) is 58.5 Å². The summed E-state index contributed by atoms with van der Waals surface area (Å²) in [5.74, 6) is 0. The van der Waals surface area contributed by atoms with Crippen molar-refractivity contribution in [3.8, 4) is 0 Å². The van der Waals surface area contributed by atoms with Crippen LogP contribution in [0.25, 0.3) is 0 Å². The Kier molecular flexibility index (Phi) is 5.88. The number of hydrogen-bond donors (Lipinski definition) is 1. The monoisotopic (exact) mass is 226 g/mol. The van der Waals surface area contributed by atoms with Gasteiger partial charge in [0.05, 0.1) is 5.51 Å². The molecule has 0 aromatic carbocycles. The maximum absolute atomic E-state index is 4.10. The van der Waals surface area contributed by atoms with Crippen molar-refractivity contribution >= 4 is 11.3 Å². The molecule has 0 bridgehead atoms. The Morgan fingerprint density at radius 3 is 2.80 bits per heavy atom. The summed E-state index contributed by atoms with van der Waals surface area (Å²) in [6, 6.07) is 1.04. The smallest absolute Gasteiger partial charge is 0.0794 e. The van der Waals surface area contributed by atoms with Gasteiger partial charge in [-0.2, -0.15) is 0 Å². The lowest BCUT2D eigenvalue weighted by atomic mass is 10.1. The van der Waals surface area contributed by atoms with Gasteiger partial charge < -0.3 is 5.32 Å². The summed E-state index contributed by atoms with van der Waals surface area (Å²) >= 11 is 1.73. The Balaban J connectivity index is 2.22. The van der Waals surface area contributed by atoms with E-state index in [0.717, 1.165) is 0 Å². The minimum absolute atomic E-state index is 0.439. The summed E-state index contributed by atoms with van der Waals surface area (Å²) in [6.07, 6.45) is 7.22. The zero-order chi connectivity index (χ0) is 11.1. The lowest BCUT2D eigenvalue weighted by molar-refractivity contribution is 0.443. The van der Waals surface area contributed by atoms with E-state index in [2.05, 4.69) is 31.1 Å². The molecule has 0 aliphatic rings. The van der Waals surface area contributed by atoms with E-state index in [1.54, 1.807) is 11.3 Å². The Hall–Kier alpha value is -0.410. The van der Waals surface area contributed by atoms with Crippen LogP contribution in [-0.4, -0.2) is 11.0 Å². The van der Waals surface area contributed by atoms with E-state index >= 15 is 0 Å². The summed E-state index contributed by atoms with van der Waals surface area (Å²) < 4.78 is 0. The molecule has 0 aliphatic carbocycles. The molecule has 1 N–H and O–H groups in total. The minimum atomic E-state index is 0.439. The van der Waals surface area contributed by atoms with Gasteiger partial charge in [-0.25, -0.2) is 0 Å². The Morgan fingerprint density at radius 2 is 2.20 bits per heavy atom. The van der Waals surface area contributed by atoms with E-state index in [9.17, 15) is 0 Å². The first-order valence-electron chi connectivity index (χ1n) is 5.88. The molecule has 1 heterocycles. The highest BCUT2D eigenvalue weighted by Gasteiger charge is 2.09. The fraction of sp³-hybridized carbons (Fsp3) is 0.750. The zero-order valence-electron chi connectivity index (χ0n) is 9.99. The quantitative estimate of drug-likeness (QED) is 0.716. The van der Waals surface area contributed by atoms with Crippen molar-refractivity contribution in [3.63, 3.8) is 0 Å². The molecule has 1 aromatic heterocycles. The molecule has 2 atom stereocenters. The average molecular weight is 226 g/mol. The van der Waals surface area contributed by atoms with E-state index in [4.69, 9.17) is 0 Å². The highest BCUT2D eigenvalue weighted by atomic mass is 32.1. The number of nitrogens with zero attached hydrogens (tertiary/aromatic N) is 1. The van der Waals surface area contributed by atoms with Crippen molar-refractivity contribution < 1.29 is 0 Å². The Morgan fingerprint density at radius 1 is 1.40 bits per heavy atom. The standard InChI is InChI=1S/C12H22N2S/c1-4-5-6-7-10(2)14-11(3)12-8-13-9-15-12/h8-11,14H,4-7H2,1-3H3. The van der Waals surface area contributed by atoms with Gasteiger partial charge in [-0.1, -0.05) is 26.2 Å². The topological polar surface area (TPSA) is 24.9 Å². The second-order valence-electron chi connectivity index (χ2n) is 4.19. The van der Waals surface area contributed by atoms with Gasteiger partial charge in [0.1, 0.15) is 0 Å². The average Bonchev–Trinajstić information content (AvgIpc) is 2.70. The van der Waals surface area contributed by atoms with Crippen LogP contribution < -0.4 is 5.32 Å². The van der Waals surface area contributed by atoms with Crippen molar-refractivity contribution in [1.82, 2.24) is 10.3 Å². The van der Waals surface area contributed by atoms with Crippen LogP contribution in [0.3, 0.4) is 0 Å². The zero-order valence-corrected chi connectivity index (χ0v) is 10.8. The first-order valence-corrected chi connectivity index (χ1v) is 6.76. The van der Waals surface area contributed by atoms with Gasteiger partial charge in [-0.15, -0.1) is 11.3 Å². The van der Waals surface area contributed by atoms with Crippen molar-refractivity contribution in [2.24, 2.45) is 0 Å². The molecule has 2 nitrogen and oxygen atoms in total. The minimum Gasteiger partial charge on any atom is -0.307 e. The second kappa shape index (κ2) is 6.96. The molecule has 15 heavy (non-hydrogen) atoms. The molecule has 1 rings (SSSR count). The van der Waals surface area contributed by atoms with E-state index in [0.29, 0.717) is 12.1 Å². The van der Waals surface area contributed by atoms with Gasteiger partial charge in [-0.05, 0) is 20.3 Å². The SMILES string of the molecule is CCCCCC(C)NC(C)c1cncs1. The van der Waals surface area contributed by atoms with E-state index < -0.39 is 0 Å². The molecule has 1 aromatic rings. The van der Waals surface area contributed by atoms with Crippen molar-refractivity contribution in [1.29, 1.82) is 0 Å². The van der Waals surface area contributed by atoms with Gasteiger partial charge >= 0.3 is 0 Å². The van der Waals surface area contributed by atoms with Crippen molar-refractivity contribution in [2.75, 3.05) is 0 Å². The molecule has 0 amide bonds. The molecule has 3 heteroatoms. The predicted octanol–water partition coefficient (Wildman–Crippen LogP) is 3.76. The second-order valence-corrected chi connectivity index (χ2v) is 5.11. The van der Waals surface area contributed by atoms with E-state index in [-0.39, 0.29) is 0 Å². The molecule has 0 spiro atoms. The highest BCUT2D eigenvalue weighted by Crippen LogP contribution is 2.17. The molecule has 0 fully saturated rings. The van der Waals surface area contributed by atoms with Crippen LogP contribution in [0.15, 0.2) is 11.7 Å². The lowest BCUT2D eigenvalue weighted by Crippen LogP contribution is -2.28. The highest BCUT2D eigenvalue weighted by molar-refractivity contribution is 7.09.